The molecular formula is C19H17ClFN3OS. The minimum atomic E-state index is -0.711. The second-order valence-corrected chi connectivity index (χ2v) is 6.95. The van der Waals surface area contributed by atoms with Gasteiger partial charge in [-0.05, 0) is 49.8 Å². The van der Waals surface area contributed by atoms with Crippen molar-refractivity contribution >= 4 is 46.2 Å². The van der Waals surface area contributed by atoms with Crippen LogP contribution in [0.25, 0.3) is 0 Å². The first-order chi connectivity index (χ1) is 12.4. The highest BCUT2D eigenvalue weighted by atomic mass is 35.5. The number of aliphatic imine (C=N–C) groups is 1. The highest BCUT2D eigenvalue weighted by Crippen LogP contribution is 2.30. The van der Waals surface area contributed by atoms with Crippen LogP contribution in [0, 0.1) is 18.7 Å². The van der Waals surface area contributed by atoms with E-state index in [0.29, 0.717) is 22.0 Å². The number of hydrogen-bond acceptors (Lipinski definition) is 2. The molecule has 2 atom stereocenters. The van der Waals surface area contributed by atoms with E-state index in [1.807, 2.05) is 13.0 Å². The molecule has 1 heterocycles. The standard InChI is InChI=1S/C19H17ClFN3OS/c1-10-7-8-12(20)9-15(10)23-18(25)16-11(2)22-19(26)24-17(16)13-5-3-4-6-14(13)21/h3-9,16-17H,1-2H3,(H,23,25)(H,24,26). The topological polar surface area (TPSA) is 53.5 Å². The van der Waals surface area contributed by atoms with Gasteiger partial charge in [-0.1, -0.05) is 35.9 Å². The van der Waals surface area contributed by atoms with E-state index in [2.05, 4.69) is 15.6 Å². The molecule has 2 aromatic carbocycles. The number of rotatable bonds is 3. The third-order valence-corrected chi connectivity index (χ3v) is 4.76. The zero-order valence-electron chi connectivity index (χ0n) is 14.2. The van der Waals surface area contributed by atoms with Gasteiger partial charge in [-0.3, -0.25) is 4.79 Å². The van der Waals surface area contributed by atoms with Crippen LogP contribution in [0.2, 0.25) is 5.02 Å². The van der Waals surface area contributed by atoms with Crippen LogP contribution in [0.1, 0.15) is 24.1 Å². The lowest BCUT2D eigenvalue weighted by molar-refractivity contribution is -0.118. The average Bonchev–Trinajstić information content (AvgIpc) is 2.57. The maximum atomic E-state index is 14.3. The third kappa shape index (κ3) is 3.76. The SMILES string of the molecule is CC1=NC(=S)NC(c2ccccc2F)C1C(=O)Nc1cc(Cl)ccc1C. The van der Waals surface area contributed by atoms with Gasteiger partial charge in [0.2, 0.25) is 5.91 Å². The molecule has 0 radical (unpaired) electrons. The van der Waals surface area contributed by atoms with Gasteiger partial charge >= 0.3 is 0 Å². The number of halogens is 2. The lowest BCUT2D eigenvalue weighted by Crippen LogP contribution is -2.45. The van der Waals surface area contributed by atoms with E-state index in [9.17, 15) is 9.18 Å². The third-order valence-electron chi connectivity index (χ3n) is 4.32. The van der Waals surface area contributed by atoms with Crippen molar-refractivity contribution in [2.45, 2.75) is 19.9 Å². The lowest BCUT2D eigenvalue weighted by Gasteiger charge is -2.32. The number of thiocarbonyl (C=S) groups is 1. The van der Waals surface area contributed by atoms with Gasteiger partial charge in [0.05, 0.1) is 6.04 Å². The van der Waals surface area contributed by atoms with E-state index in [-0.39, 0.29) is 11.0 Å². The number of nitrogens with one attached hydrogen (secondary N) is 2. The van der Waals surface area contributed by atoms with Crippen LogP contribution in [0.5, 0.6) is 0 Å². The summed E-state index contributed by atoms with van der Waals surface area (Å²) in [6.07, 6.45) is 0. The molecule has 3 rings (SSSR count). The molecule has 7 heteroatoms. The molecule has 134 valence electrons. The largest absolute Gasteiger partial charge is 0.353 e. The number of nitrogens with zero attached hydrogens (tertiary/aromatic N) is 1. The number of anilines is 1. The zero-order valence-corrected chi connectivity index (χ0v) is 15.8. The van der Waals surface area contributed by atoms with Crippen LogP contribution in [-0.4, -0.2) is 16.7 Å². The maximum absolute atomic E-state index is 14.3. The number of benzene rings is 2. The first kappa shape index (κ1) is 18.5. The molecular weight excluding hydrogens is 373 g/mol. The van der Waals surface area contributed by atoms with Gasteiger partial charge in [0.15, 0.2) is 5.11 Å². The van der Waals surface area contributed by atoms with E-state index < -0.39 is 17.8 Å². The van der Waals surface area contributed by atoms with Crippen LogP contribution < -0.4 is 10.6 Å². The van der Waals surface area contributed by atoms with Gasteiger partial charge in [0.25, 0.3) is 0 Å². The van der Waals surface area contributed by atoms with Gasteiger partial charge in [-0.2, -0.15) is 0 Å². The molecule has 0 spiro atoms. The smallest absolute Gasteiger partial charge is 0.235 e. The fourth-order valence-electron chi connectivity index (χ4n) is 2.98. The van der Waals surface area contributed by atoms with Crippen LogP contribution in [0.15, 0.2) is 47.5 Å². The maximum Gasteiger partial charge on any atom is 0.235 e. The predicted molar refractivity (Wildman–Crippen MR) is 106 cm³/mol. The fourth-order valence-corrected chi connectivity index (χ4v) is 3.43. The minimum absolute atomic E-state index is 0.235. The molecule has 0 aromatic heterocycles. The summed E-state index contributed by atoms with van der Waals surface area (Å²) >= 11 is 11.2. The lowest BCUT2D eigenvalue weighted by atomic mass is 9.87. The van der Waals surface area contributed by atoms with Crippen molar-refractivity contribution in [3.8, 4) is 0 Å². The molecule has 2 unspecified atom stereocenters. The number of aryl methyl sites for hydroxylation is 1. The van der Waals surface area contributed by atoms with Crippen molar-refractivity contribution in [3.05, 3.63) is 64.4 Å². The Balaban J connectivity index is 1.97. The Hall–Kier alpha value is -2.31. The van der Waals surface area contributed by atoms with Gasteiger partial charge in [0.1, 0.15) is 11.7 Å². The monoisotopic (exact) mass is 389 g/mol. The summed E-state index contributed by atoms with van der Waals surface area (Å²) in [7, 11) is 0. The van der Waals surface area contributed by atoms with E-state index in [4.69, 9.17) is 23.8 Å². The zero-order chi connectivity index (χ0) is 18.8. The van der Waals surface area contributed by atoms with Gasteiger partial charge < -0.3 is 10.6 Å². The highest BCUT2D eigenvalue weighted by molar-refractivity contribution is 7.80. The molecule has 2 aromatic rings. The van der Waals surface area contributed by atoms with Crippen LogP contribution in [0.4, 0.5) is 10.1 Å². The first-order valence-corrected chi connectivity index (χ1v) is 8.82. The summed E-state index contributed by atoms with van der Waals surface area (Å²) < 4.78 is 14.3. The van der Waals surface area contributed by atoms with E-state index in [1.54, 1.807) is 37.3 Å². The van der Waals surface area contributed by atoms with E-state index in [0.717, 1.165) is 5.56 Å². The number of amides is 1. The van der Waals surface area contributed by atoms with E-state index in [1.165, 1.54) is 6.07 Å². The minimum Gasteiger partial charge on any atom is -0.353 e. The molecule has 2 N–H and O–H groups in total. The van der Waals surface area contributed by atoms with Crippen LogP contribution >= 0.6 is 23.8 Å². The molecule has 0 saturated carbocycles. The molecule has 0 bridgehead atoms. The van der Waals surface area contributed by atoms with Crippen LogP contribution in [-0.2, 0) is 4.79 Å². The van der Waals surface area contributed by atoms with Gasteiger partial charge in [-0.15, -0.1) is 0 Å². The Kier molecular flexibility index (Phi) is 5.34. The summed E-state index contributed by atoms with van der Waals surface area (Å²) in [6.45, 7) is 3.59. The number of carbonyl (C=O) groups is 1. The summed E-state index contributed by atoms with van der Waals surface area (Å²) in [5.74, 6) is -1.42. The molecule has 0 saturated heterocycles. The van der Waals surface area contributed by atoms with Gasteiger partial charge in [0, 0.05) is 22.0 Å². The van der Waals surface area contributed by atoms with Gasteiger partial charge in [-0.25, -0.2) is 9.38 Å². The Morgan fingerprint density at radius 3 is 2.73 bits per heavy atom. The summed E-state index contributed by atoms with van der Waals surface area (Å²) in [6, 6.07) is 10.9. The van der Waals surface area contributed by atoms with Crippen LogP contribution in [0.3, 0.4) is 0 Å². The molecule has 0 aliphatic carbocycles. The molecule has 1 aliphatic heterocycles. The predicted octanol–water partition coefficient (Wildman–Crippen LogP) is 4.43. The number of carbonyl (C=O) groups excluding carboxylic acids is 1. The summed E-state index contributed by atoms with van der Waals surface area (Å²) in [5, 5.41) is 6.59. The Morgan fingerprint density at radius 2 is 2.00 bits per heavy atom. The quantitative estimate of drug-likeness (QED) is 0.763. The van der Waals surface area contributed by atoms with Crippen molar-refractivity contribution in [1.29, 1.82) is 0 Å². The summed E-state index contributed by atoms with van der Waals surface area (Å²) in [5.41, 5.74) is 2.38. The molecule has 1 aliphatic rings. The van der Waals surface area contributed by atoms with Crippen molar-refractivity contribution in [3.63, 3.8) is 0 Å². The Labute approximate surface area is 161 Å². The summed E-state index contributed by atoms with van der Waals surface area (Å²) in [4.78, 5) is 17.2. The Bertz CT molecular complexity index is 915. The Morgan fingerprint density at radius 1 is 1.27 bits per heavy atom. The average molecular weight is 390 g/mol. The number of hydrogen-bond donors (Lipinski definition) is 2. The highest BCUT2D eigenvalue weighted by Gasteiger charge is 2.37. The molecule has 26 heavy (non-hydrogen) atoms. The second-order valence-electron chi connectivity index (χ2n) is 6.13. The molecule has 1 amide bonds. The second kappa shape index (κ2) is 7.51. The van der Waals surface area contributed by atoms with Crippen molar-refractivity contribution in [2.75, 3.05) is 5.32 Å². The van der Waals surface area contributed by atoms with Crippen molar-refractivity contribution in [2.24, 2.45) is 10.9 Å². The van der Waals surface area contributed by atoms with E-state index >= 15 is 0 Å². The normalized spacial score (nSPS) is 19.5. The van der Waals surface area contributed by atoms with Crippen molar-refractivity contribution in [1.82, 2.24) is 5.32 Å². The first-order valence-electron chi connectivity index (χ1n) is 8.04. The van der Waals surface area contributed by atoms with Crippen molar-refractivity contribution < 1.29 is 9.18 Å². The molecule has 0 fully saturated rings. The fraction of sp³-hybridized carbons (Fsp3) is 0.211. The molecule has 4 nitrogen and oxygen atoms in total.